The zero-order valence-electron chi connectivity index (χ0n) is 8.89. The van der Waals surface area contributed by atoms with E-state index in [0.29, 0.717) is 0 Å². The van der Waals surface area contributed by atoms with Crippen LogP contribution in [0.15, 0.2) is 0 Å². The maximum Gasteiger partial charge on any atom is -0.00519 e. The second-order valence-corrected chi connectivity index (χ2v) is 5.03. The molecule has 2 aliphatic carbocycles. The van der Waals surface area contributed by atoms with E-state index in [9.17, 15) is 0 Å². The highest BCUT2D eigenvalue weighted by Gasteiger charge is 2.38. The quantitative estimate of drug-likeness (QED) is 0.643. The third kappa shape index (κ3) is 2.25. The van der Waals surface area contributed by atoms with Crippen LogP contribution in [0.25, 0.3) is 0 Å². The Bertz CT molecular complexity index is 155. The van der Waals surface area contributed by atoms with Crippen molar-refractivity contribution in [3.8, 4) is 0 Å². The third-order valence-electron chi connectivity index (χ3n) is 4.14. The smallest absolute Gasteiger partial charge is 0.00519 e. The van der Waals surface area contributed by atoms with Gasteiger partial charge in [0.1, 0.15) is 0 Å². The van der Waals surface area contributed by atoms with Crippen LogP contribution in [0.3, 0.4) is 0 Å². The third-order valence-corrected chi connectivity index (χ3v) is 4.14. The fraction of sp³-hybridized carbons (Fsp3) is 1.00. The Kier molecular flexibility index (Phi) is 3.26. The van der Waals surface area contributed by atoms with Crippen LogP contribution >= 0.6 is 0 Å². The first kappa shape index (κ1) is 9.51. The molecular weight excluding hydrogens is 158 g/mol. The molecule has 0 heterocycles. The fourth-order valence-electron chi connectivity index (χ4n) is 3.44. The molecule has 3 unspecified atom stereocenters. The predicted molar refractivity (Wildman–Crippen MR) is 56.7 cm³/mol. The molecule has 2 bridgehead atoms. The van der Waals surface area contributed by atoms with Gasteiger partial charge in [0.05, 0.1) is 0 Å². The molecule has 1 N–H and O–H groups in total. The first-order valence-electron chi connectivity index (χ1n) is 6.04. The van der Waals surface area contributed by atoms with Crippen molar-refractivity contribution in [2.75, 3.05) is 13.6 Å². The van der Waals surface area contributed by atoms with Gasteiger partial charge < -0.3 is 5.32 Å². The van der Waals surface area contributed by atoms with Crippen LogP contribution in [-0.4, -0.2) is 13.6 Å². The molecular formula is C12H23N. The molecule has 2 saturated carbocycles. The molecule has 0 aromatic rings. The first-order chi connectivity index (χ1) is 6.40. The molecule has 0 aromatic carbocycles. The largest absolute Gasteiger partial charge is 0.320 e. The van der Waals surface area contributed by atoms with Crippen molar-refractivity contribution < 1.29 is 0 Å². The van der Waals surface area contributed by atoms with Gasteiger partial charge in [-0.3, -0.25) is 0 Å². The lowest BCUT2D eigenvalue weighted by Gasteiger charge is -2.21. The van der Waals surface area contributed by atoms with Crippen LogP contribution in [-0.2, 0) is 0 Å². The number of unbranched alkanes of at least 4 members (excludes halogenated alkanes) is 1. The molecule has 2 aliphatic rings. The second kappa shape index (κ2) is 4.45. The first-order valence-corrected chi connectivity index (χ1v) is 6.04. The summed E-state index contributed by atoms with van der Waals surface area (Å²) < 4.78 is 0. The van der Waals surface area contributed by atoms with E-state index in [4.69, 9.17) is 0 Å². The fourth-order valence-corrected chi connectivity index (χ4v) is 3.44. The van der Waals surface area contributed by atoms with Crippen molar-refractivity contribution in [1.82, 2.24) is 5.32 Å². The molecule has 0 radical (unpaired) electrons. The van der Waals surface area contributed by atoms with Crippen LogP contribution in [0.1, 0.15) is 44.9 Å². The van der Waals surface area contributed by atoms with Crippen LogP contribution in [0.4, 0.5) is 0 Å². The van der Waals surface area contributed by atoms with Crippen LogP contribution < -0.4 is 5.32 Å². The highest BCUT2D eigenvalue weighted by molar-refractivity contribution is 4.89. The topological polar surface area (TPSA) is 12.0 Å². The van der Waals surface area contributed by atoms with Gasteiger partial charge in [0, 0.05) is 0 Å². The maximum absolute atomic E-state index is 3.23. The zero-order chi connectivity index (χ0) is 9.10. The lowest BCUT2D eigenvalue weighted by atomic mass is 9.85. The number of rotatable bonds is 5. The molecule has 76 valence electrons. The summed E-state index contributed by atoms with van der Waals surface area (Å²) in [5.41, 5.74) is 0. The Morgan fingerprint density at radius 3 is 2.69 bits per heavy atom. The molecule has 0 aliphatic heterocycles. The van der Waals surface area contributed by atoms with E-state index in [1.54, 1.807) is 25.7 Å². The second-order valence-electron chi connectivity index (χ2n) is 5.03. The normalized spacial score (nSPS) is 37.2. The van der Waals surface area contributed by atoms with Gasteiger partial charge in [-0.2, -0.15) is 0 Å². The molecule has 0 saturated heterocycles. The summed E-state index contributed by atoms with van der Waals surface area (Å²) >= 11 is 0. The Labute approximate surface area is 82.3 Å². The minimum absolute atomic E-state index is 1.12. The van der Waals surface area contributed by atoms with Crippen molar-refractivity contribution in [2.24, 2.45) is 17.8 Å². The lowest BCUT2D eigenvalue weighted by Crippen LogP contribution is -2.12. The minimum Gasteiger partial charge on any atom is -0.320 e. The monoisotopic (exact) mass is 181 g/mol. The van der Waals surface area contributed by atoms with Crippen molar-refractivity contribution >= 4 is 0 Å². The van der Waals surface area contributed by atoms with E-state index < -0.39 is 0 Å². The van der Waals surface area contributed by atoms with Gasteiger partial charge in [0.15, 0.2) is 0 Å². The summed E-state index contributed by atoms with van der Waals surface area (Å²) in [6.45, 7) is 1.21. The van der Waals surface area contributed by atoms with Crippen molar-refractivity contribution in [2.45, 2.75) is 44.9 Å². The number of hydrogen-bond acceptors (Lipinski definition) is 1. The maximum atomic E-state index is 3.23. The van der Waals surface area contributed by atoms with Crippen LogP contribution in [0.2, 0.25) is 0 Å². The van der Waals surface area contributed by atoms with E-state index in [1.807, 2.05) is 0 Å². The molecule has 13 heavy (non-hydrogen) atoms. The van der Waals surface area contributed by atoms with Crippen molar-refractivity contribution in [1.29, 1.82) is 0 Å². The molecule has 0 aromatic heterocycles. The standard InChI is InChI=1S/C12H23N/c1-13-7-3-2-4-11-8-10-5-6-12(11)9-10/h10-13H,2-9H2,1H3. The summed E-state index contributed by atoms with van der Waals surface area (Å²) in [7, 11) is 2.05. The van der Waals surface area contributed by atoms with E-state index in [0.717, 1.165) is 17.8 Å². The SMILES string of the molecule is CNCCCCC1CC2CCC1C2. The van der Waals surface area contributed by atoms with E-state index in [-0.39, 0.29) is 0 Å². The average Bonchev–Trinajstić information content (AvgIpc) is 2.73. The molecule has 0 amide bonds. The Hall–Kier alpha value is -0.0400. The number of fused-ring (bicyclic) bond motifs is 2. The van der Waals surface area contributed by atoms with Crippen molar-refractivity contribution in [3.63, 3.8) is 0 Å². The van der Waals surface area contributed by atoms with Gasteiger partial charge >= 0.3 is 0 Å². The van der Waals surface area contributed by atoms with E-state index >= 15 is 0 Å². The summed E-state index contributed by atoms with van der Waals surface area (Å²) in [5, 5.41) is 3.23. The zero-order valence-corrected chi connectivity index (χ0v) is 8.89. The Morgan fingerprint density at radius 2 is 2.08 bits per heavy atom. The van der Waals surface area contributed by atoms with Gasteiger partial charge in [-0.25, -0.2) is 0 Å². The van der Waals surface area contributed by atoms with Gasteiger partial charge in [0.25, 0.3) is 0 Å². The van der Waals surface area contributed by atoms with E-state index in [1.165, 1.54) is 25.8 Å². The molecule has 3 atom stereocenters. The number of nitrogens with one attached hydrogen (secondary N) is 1. The lowest BCUT2D eigenvalue weighted by molar-refractivity contribution is 0.306. The molecule has 2 fully saturated rings. The highest BCUT2D eigenvalue weighted by atomic mass is 14.8. The summed E-state index contributed by atoms with van der Waals surface area (Å²) in [6, 6.07) is 0. The van der Waals surface area contributed by atoms with E-state index in [2.05, 4.69) is 12.4 Å². The van der Waals surface area contributed by atoms with Gasteiger partial charge in [-0.1, -0.05) is 19.3 Å². The van der Waals surface area contributed by atoms with Crippen LogP contribution in [0.5, 0.6) is 0 Å². The Morgan fingerprint density at radius 1 is 1.15 bits per heavy atom. The molecule has 2 rings (SSSR count). The summed E-state index contributed by atoms with van der Waals surface area (Å²) in [5.74, 6) is 3.40. The van der Waals surface area contributed by atoms with Crippen molar-refractivity contribution in [3.05, 3.63) is 0 Å². The predicted octanol–water partition coefficient (Wildman–Crippen LogP) is 2.81. The Balaban J connectivity index is 1.60. The number of hydrogen-bond donors (Lipinski definition) is 1. The summed E-state index contributed by atoms with van der Waals surface area (Å²) in [6.07, 6.45) is 10.6. The molecule has 1 nitrogen and oxygen atoms in total. The summed E-state index contributed by atoms with van der Waals surface area (Å²) in [4.78, 5) is 0. The highest BCUT2D eigenvalue weighted by Crippen LogP contribution is 2.49. The van der Waals surface area contributed by atoms with Crippen LogP contribution in [0, 0.1) is 17.8 Å². The molecule has 1 heteroatoms. The van der Waals surface area contributed by atoms with Gasteiger partial charge in [-0.05, 0) is 57.0 Å². The molecule has 0 spiro atoms. The van der Waals surface area contributed by atoms with Gasteiger partial charge in [0.2, 0.25) is 0 Å². The van der Waals surface area contributed by atoms with Gasteiger partial charge in [-0.15, -0.1) is 0 Å². The average molecular weight is 181 g/mol. The minimum atomic E-state index is 1.12.